The summed E-state index contributed by atoms with van der Waals surface area (Å²) in [5.41, 5.74) is 10.4. The summed E-state index contributed by atoms with van der Waals surface area (Å²) in [7, 11) is 0. The van der Waals surface area contributed by atoms with Gasteiger partial charge in [0.25, 0.3) is 0 Å². The average Bonchev–Trinajstić information content (AvgIpc) is 2.90. The fraction of sp³-hybridized carbons (Fsp3) is 0.0952. The van der Waals surface area contributed by atoms with E-state index in [1.165, 1.54) is 11.1 Å². The molecule has 1 aromatic heterocycles. The van der Waals surface area contributed by atoms with E-state index < -0.39 is 5.91 Å². The van der Waals surface area contributed by atoms with Gasteiger partial charge in [-0.15, -0.1) is 0 Å². The highest BCUT2D eigenvalue weighted by atomic mass is 35.5. The number of hydrogen-bond acceptors (Lipinski definition) is 1. The van der Waals surface area contributed by atoms with Crippen LogP contribution in [0.4, 0.5) is 0 Å². The Morgan fingerprint density at radius 3 is 2.60 bits per heavy atom. The number of nitrogens with two attached hydrogens (primary N) is 1. The van der Waals surface area contributed by atoms with Crippen LogP contribution in [0.2, 0.25) is 5.02 Å². The monoisotopic (exact) mass is 348 g/mol. The zero-order valence-corrected chi connectivity index (χ0v) is 14.5. The van der Waals surface area contributed by atoms with Crippen LogP contribution in [0, 0.1) is 6.92 Å². The second-order valence-corrected chi connectivity index (χ2v) is 6.68. The van der Waals surface area contributed by atoms with E-state index in [2.05, 4.69) is 35.8 Å². The van der Waals surface area contributed by atoms with E-state index in [1.54, 1.807) is 6.07 Å². The van der Waals surface area contributed by atoms with Crippen molar-refractivity contribution in [1.82, 2.24) is 4.57 Å². The molecule has 0 unspecified atom stereocenters. The zero-order valence-electron chi connectivity index (χ0n) is 13.8. The lowest BCUT2D eigenvalue weighted by molar-refractivity contribution is 0.100. The summed E-state index contributed by atoms with van der Waals surface area (Å²) in [6.45, 7) is 2.75. The molecule has 3 aromatic carbocycles. The second kappa shape index (κ2) is 5.94. The molecule has 0 bridgehead atoms. The van der Waals surface area contributed by atoms with Crippen molar-refractivity contribution < 1.29 is 4.79 Å². The molecular weight excluding hydrogens is 332 g/mol. The van der Waals surface area contributed by atoms with Crippen LogP contribution in [0.1, 0.15) is 21.5 Å². The molecule has 0 aliphatic carbocycles. The molecule has 0 saturated heterocycles. The van der Waals surface area contributed by atoms with E-state index in [1.807, 2.05) is 30.3 Å². The Bertz CT molecular complexity index is 1130. The molecule has 0 saturated carbocycles. The number of halogens is 1. The number of hydrogen-bond donors (Lipinski definition) is 1. The van der Waals surface area contributed by atoms with Crippen molar-refractivity contribution in [2.45, 2.75) is 13.5 Å². The molecule has 124 valence electrons. The van der Waals surface area contributed by atoms with Crippen molar-refractivity contribution in [2.75, 3.05) is 0 Å². The van der Waals surface area contributed by atoms with Crippen LogP contribution in [0.3, 0.4) is 0 Å². The number of amides is 1. The van der Waals surface area contributed by atoms with Crippen LogP contribution in [-0.4, -0.2) is 10.5 Å². The third-order valence-electron chi connectivity index (χ3n) is 4.55. The molecule has 0 aliphatic heterocycles. The van der Waals surface area contributed by atoms with Crippen molar-refractivity contribution in [1.29, 1.82) is 0 Å². The van der Waals surface area contributed by atoms with Crippen molar-refractivity contribution in [3.05, 3.63) is 82.4 Å². The fourth-order valence-corrected chi connectivity index (χ4v) is 3.80. The van der Waals surface area contributed by atoms with E-state index >= 15 is 0 Å². The van der Waals surface area contributed by atoms with Crippen LogP contribution in [-0.2, 0) is 6.54 Å². The van der Waals surface area contributed by atoms with Gasteiger partial charge in [-0.3, -0.25) is 4.79 Å². The maximum absolute atomic E-state index is 11.9. The van der Waals surface area contributed by atoms with Gasteiger partial charge in [0.15, 0.2) is 0 Å². The Labute approximate surface area is 150 Å². The summed E-state index contributed by atoms with van der Waals surface area (Å²) in [6.07, 6.45) is 0. The van der Waals surface area contributed by atoms with Gasteiger partial charge in [0.05, 0.1) is 16.1 Å². The molecule has 0 radical (unpaired) electrons. The van der Waals surface area contributed by atoms with Gasteiger partial charge in [0.1, 0.15) is 0 Å². The van der Waals surface area contributed by atoms with E-state index in [0.29, 0.717) is 17.1 Å². The maximum Gasteiger partial charge on any atom is 0.249 e. The minimum Gasteiger partial charge on any atom is -0.366 e. The number of aryl methyl sites for hydroxylation is 1. The Morgan fingerprint density at radius 1 is 1.08 bits per heavy atom. The summed E-state index contributed by atoms with van der Waals surface area (Å²) in [4.78, 5) is 11.9. The predicted molar refractivity (Wildman–Crippen MR) is 103 cm³/mol. The molecule has 4 aromatic rings. The summed E-state index contributed by atoms with van der Waals surface area (Å²) >= 11 is 6.53. The van der Waals surface area contributed by atoms with Crippen molar-refractivity contribution in [2.24, 2.45) is 5.73 Å². The number of nitrogens with zero attached hydrogens (tertiary/aromatic N) is 1. The number of carbonyl (C=O) groups is 1. The molecule has 0 spiro atoms. The van der Waals surface area contributed by atoms with Crippen LogP contribution in [0.5, 0.6) is 0 Å². The minimum atomic E-state index is -0.430. The molecule has 0 atom stereocenters. The first-order valence-electron chi connectivity index (χ1n) is 8.11. The van der Waals surface area contributed by atoms with Crippen molar-refractivity contribution in [3.8, 4) is 0 Å². The molecule has 4 rings (SSSR count). The average molecular weight is 349 g/mol. The molecule has 3 nitrogen and oxygen atoms in total. The van der Waals surface area contributed by atoms with Gasteiger partial charge >= 0.3 is 0 Å². The van der Waals surface area contributed by atoms with Gasteiger partial charge in [-0.05, 0) is 30.7 Å². The lowest BCUT2D eigenvalue weighted by Gasteiger charge is -2.09. The topological polar surface area (TPSA) is 48.0 Å². The molecule has 25 heavy (non-hydrogen) atoms. The number of rotatable bonds is 3. The van der Waals surface area contributed by atoms with E-state index in [9.17, 15) is 4.79 Å². The number of para-hydroxylation sites is 1. The summed E-state index contributed by atoms with van der Waals surface area (Å²) in [6, 6.07) is 19.8. The molecular formula is C21H17ClN2O. The van der Waals surface area contributed by atoms with Gasteiger partial charge in [-0.25, -0.2) is 0 Å². The van der Waals surface area contributed by atoms with Gasteiger partial charge in [0, 0.05) is 22.9 Å². The fourth-order valence-electron chi connectivity index (χ4n) is 3.52. The van der Waals surface area contributed by atoms with Gasteiger partial charge in [0.2, 0.25) is 5.91 Å². The van der Waals surface area contributed by atoms with Crippen LogP contribution in [0.25, 0.3) is 21.8 Å². The highest BCUT2D eigenvalue weighted by Gasteiger charge is 2.18. The second-order valence-electron chi connectivity index (χ2n) is 6.28. The zero-order chi connectivity index (χ0) is 17.6. The van der Waals surface area contributed by atoms with Gasteiger partial charge in [-0.1, -0.05) is 59.6 Å². The summed E-state index contributed by atoms with van der Waals surface area (Å²) in [5.74, 6) is -0.430. The molecule has 4 heteroatoms. The Morgan fingerprint density at radius 2 is 1.84 bits per heavy atom. The minimum absolute atomic E-state index is 0.430. The molecule has 1 heterocycles. The van der Waals surface area contributed by atoms with Gasteiger partial charge < -0.3 is 10.3 Å². The smallest absolute Gasteiger partial charge is 0.249 e. The first-order valence-corrected chi connectivity index (χ1v) is 8.49. The normalized spacial score (nSPS) is 11.3. The molecule has 0 aliphatic rings. The van der Waals surface area contributed by atoms with Crippen molar-refractivity contribution in [3.63, 3.8) is 0 Å². The van der Waals surface area contributed by atoms with E-state index in [0.717, 1.165) is 21.8 Å². The molecule has 1 amide bonds. The van der Waals surface area contributed by atoms with Crippen LogP contribution >= 0.6 is 11.6 Å². The van der Waals surface area contributed by atoms with Crippen LogP contribution < -0.4 is 5.73 Å². The Hall–Kier alpha value is -2.78. The molecule has 2 N–H and O–H groups in total. The highest BCUT2D eigenvalue weighted by molar-refractivity contribution is 6.37. The van der Waals surface area contributed by atoms with Crippen LogP contribution in [0.15, 0.2) is 60.7 Å². The first-order chi connectivity index (χ1) is 12.1. The lowest BCUT2D eigenvalue weighted by Crippen LogP contribution is -2.11. The predicted octanol–water partition coefficient (Wildman–Crippen LogP) is 4.90. The SMILES string of the molecule is Cc1cccc(Cn2c3cccc(C(N)=O)c3c3cccc(Cl)c32)c1. The quantitative estimate of drug-likeness (QED) is 0.562. The standard InChI is InChI=1S/C21H17ClN2O/c1-13-5-2-6-14(11-13)12-24-18-10-4-8-16(21(23)25)19(18)15-7-3-9-17(22)20(15)24/h2-11H,12H2,1H3,(H2,23,25). The number of aromatic nitrogens is 1. The number of primary amides is 1. The summed E-state index contributed by atoms with van der Waals surface area (Å²) < 4.78 is 2.16. The Kier molecular flexibility index (Phi) is 3.74. The number of carbonyl (C=O) groups excluding carboxylic acids is 1. The van der Waals surface area contributed by atoms with E-state index in [4.69, 9.17) is 17.3 Å². The maximum atomic E-state index is 11.9. The summed E-state index contributed by atoms with van der Waals surface area (Å²) in [5, 5.41) is 2.47. The number of fused-ring (bicyclic) bond motifs is 3. The third-order valence-corrected chi connectivity index (χ3v) is 4.85. The largest absolute Gasteiger partial charge is 0.366 e. The first kappa shape index (κ1) is 15.7. The molecule has 0 fully saturated rings. The highest BCUT2D eigenvalue weighted by Crippen LogP contribution is 2.35. The van der Waals surface area contributed by atoms with Crippen molar-refractivity contribution >= 4 is 39.3 Å². The third kappa shape index (κ3) is 2.57. The van der Waals surface area contributed by atoms with Gasteiger partial charge in [-0.2, -0.15) is 0 Å². The Balaban J connectivity index is 2.08. The van der Waals surface area contributed by atoms with E-state index in [-0.39, 0.29) is 0 Å². The lowest BCUT2D eigenvalue weighted by atomic mass is 10.1. The number of benzene rings is 3.